The lowest BCUT2D eigenvalue weighted by Gasteiger charge is -2.28. The van der Waals surface area contributed by atoms with Gasteiger partial charge in [-0.1, -0.05) is 81.8 Å². The highest BCUT2D eigenvalue weighted by molar-refractivity contribution is 5.65. The highest BCUT2D eigenvalue weighted by Crippen LogP contribution is 2.38. The molecule has 0 bridgehead atoms. The molecule has 2 aliphatic rings. The predicted molar refractivity (Wildman–Crippen MR) is 142 cm³/mol. The molecule has 4 rings (SSSR count). The second kappa shape index (κ2) is 12.9. The molecule has 0 atom stereocenters. The number of hydrogen-bond donors (Lipinski definition) is 0. The molecule has 2 fully saturated rings. The number of benzene rings is 2. The zero-order chi connectivity index (χ0) is 23.8. The minimum absolute atomic E-state index is 0.0782. The third kappa shape index (κ3) is 6.94. The maximum absolute atomic E-state index is 15.1. The largest absolute Gasteiger partial charge is 0.381 e. The number of aryl methyl sites for hydroxylation is 1. The first-order valence-corrected chi connectivity index (χ1v) is 14.1. The van der Waals surface area contributed by atoms with Crippen molar-refractivity contribution < 1.29 is 9.13 Å². The topological polar surface area (TPSA) is 9.23 Å². The van der Waals surface area contributed by atoms with Gasteiger partial charge in [0.1, 0.15) is 5.82 Å². The van der Waals surface area contributed by atoms with Gasteiger partial charge >= 0.3 is 0 Å². The van der Waals surface area contributed by atoms with Crippen LogP contribution in [0.2, 0.25) is 0 Å². The van der Waals surface area contributed by atoms with E-state index in [4.69, 9.17) is 4.74 Å². The van der Waals surface area contributed by atoms with Crippen LogP contribution < -0.4 is 0 Å². The highest BCUT2D eigenvalue weighted by atomic mass is 19.1. The van der Waals surface area contributed by atoms with Crippen LogP contribution in [-0.4, -0.2) is 13.2 Å². The molecule has 2 aliphatic carbocycles. The summed E-state index contributed by atoms with van der Waals surface area (Å²) in [5.74, 6) is 2.96. The smallest absolute Gasteiger partial charge is 0.131 e. The van der Waals surface area contributed by atoms with Crippen molar-refractivity contribution in [2.45, 2.75) is 96.8 Å². The molecular weight excluding hydrogens is 419 g/mol. The molecule has 1 nitrogen and oxygen atoms in total. The van der Waals surface area contributed by atoms with E-state index < -0.39 is 0 Å². The Morgan fingerprint density at radius 2 is 1.41 bits per heavy atom. The summed E-state index contributed by atoms with van der Waals surface area (Å²) in [4.78, 5) is 0. The van der Waals surface area contributed by atoms with Crippen molar-refractivity contribution in [2.75, 3.05) is 13.2 Å². The normalized spacial score (nSPS) is 25.4. The van der Waals surface area contributed by atoms with E-state index in [0.29, 0.717) is 11.8 Å². The van der Waals surface area contributed by atoms with Crippen LogP contribution in [-0.2, 0) is 11.2 Å². The molecule has 0 saturated heterocycles. The average molecular weight is 465 g/mol. The van der Waals surface area contributed by atoms with Crippen molar-refractivity contribution >= 4 is 0 Å². The first kappa shape index (κ1) is 25.4. The summed E-state index contributed by atoms with van der Waals surface area (Å²) in [6.45, 7) is 6.05. The van der Waals surface area contributed by atoms with E-state index in [1.807, 2.05) is 6.07 Å². The van der Waals surface area contributed by atoms with Crippen LogP contribution >= 0.6 is 0 Å². The second-order valence-electron chi connectivity index (χ2n) is 11.0. The molecule has 186 valence electrons. The Bertz CT molecular complexity index is 857. The molecule has 0 aromatic heterocycles. The van der Waals surface area contributed by atoms with E-state index in [-0.39, 0.29) is 5.82 Å². The minimum atomic E-state index is -0.0782. The minimum Gasteiger partial charge on any atom is -0.381 e. The Kier molecular flexibility index (Phi) is 9.62. The van der Waals surface area contributed by atoms with Crippen molar-refractivity contribution in [3.63, 3.8) is 0 Å². The zero-order valence-corrected chi connectivity index (χ0v) is 21.5. The van der Waals surface area contributed by atoms with Gasteiger partial charge in [-0.3, -0.25) is 0 Å². The molecule has 0 N–H and O–H groups in total. The van der Waals surface area contributed by atoms with Crippen LogP contribution in [0.3, 0.4) is 0 Å². The van der Waals surface area contributed by atoms with Crippen molar-refractivity contribution in [3.8, 4) is 11.1 Å². The number of rotatable bonds is 10. The molecule has 0 aliphatic heterocycles. The molecule has 2 heteroatoms. The Morgan fingerprint density at radius 3 is 2.03 bits per heavy atom. The molecule has 0 spiro atoms. The van der Waals surface area contributed by atoms with Crippen LogP contribution in [0.25, 0.3) is 11.1 Å². The fourth-order valence-electron chi connectivity index (χ4n) is 6.41. The van der Waals surface area contributed by atoms with E-state index >= 15 is 4.39 Å². The quantitative estimate of drug-likeness (QED) is 0.340. The molecule has 0 unspecified atom stereocenters. The molecule has 0 heterocycles. The Hall–Kier alpha value is -1.67. The summed E-state index contributed by atoms with van der Waals surface area (Å²) in [7, 11) is 0. The standard InChI is InChI=1S/C32H45FO/c1-3-5-24-6-8-25(9-7-24)10-11-26-12-18-29(19-13-26)31-21-20-30(22-32(31)33)28-16-14-27(15-17-28)23-34-4-2/h12-13,18-22,24-25,27-28H,3-11,14-17,23H2,1-2H3. The van der Waals surface area contributed by atoms with Crippen molar-refractivity contribution in [1.29, 1.82) is 0 Å². The maximum atomic E-state index is 15.1. The summed E-state index contributed by atoms with van der Waals surface area (Å²) >= 11 is 0. The fourth-order valence-corrected chi connectivity index (χ4v) is 6.41. The van der Waals surface area contributed by atoms with Gasteiger partial charge in [-0.05, 0) is 91.9 Å². The Labute approximate surface area is 207 Å². The lowest BCUT2D eigenvalue weighted by molar-refractivity contribution is 0.0920. The van der Waals surface area contributed by atoms with E-state index in [2.05, 4.69) is 44.2 Å². The molecule has 2 aromatic rings. The van der Waals surface area contributed by atoms with Gasteiger partial charge < -0.3 is 4.74 Å². The number of ether oxygens (including phenoxy) is 1. The van der Waals surface area contributed by atoms with E-state index in [1.54, 1.807) is 6.07 Å². The first-order valence-electron chi connectivity index (χ1n) is 14.1. The number of halogens is 1. The first-order chi connectivity index (χ1) is 16.7. The van der Waals surface area contributed by atoms with Gasteiger partial charge in [-0.2, -0.15) is 0 Å². The summed E-state index contributed by atoms with van der Waals surface area (Å²) in [6.07, 6.45) is 15.6. The third-order valence-electron chi connectivity index (χ3n) is 8.64. The molecule has 34 heavy (non-hydrogen) atoms. The summed E-state index contributed by atoms with van der Waals surface area (Å²) in [5, 5.41) is 0. The van der Waals surface area contributed by atoms with Crippen molar-refractivity contribution in [3.05, 3.63) is 59.4 Å². The summed E-state index contributed by atoms with van der Waals surface area (Å²) < 4.78 is 20.7. The van der Waals surface area contributed by atoms with E-state index in [1.165, 1.54) is 68.9 Å². The monoisotopic (exact) mass is 464 g/mol. The fraction of sp³-hybridized carbons (Fsp3) is 0.625. The van der Waals surface area contributed by atoms with Gasteiger partial charge in [0.2, 0.25) is 0 Å². The molecule has 2 aromatic carbocycles. The molecular formula is C32H45FO. The van der Waals surface area contributed by atoms with Gasteiger partial charge in [-0.25, -0.2) is 4.39 Å². The van der Waals surface area contributed by atoms with E-state index in [0.717, 1.165) is 55.4 Å². The summed E-state index contributed by atoms with van der Waals surface area (Å²) in [6, 6.07) is 14.6. The van der Waals surface area contributed by atoms with Gasteiger partial charge in [0, 0.05) is 18.8 Å². The predicted octanol–water partition coefficient (Wildman–Crippen LogP) is 9.34. The molecule has 0 amide bonds. The Balaban J connectivity index is 1.28. The van der Waals surface area contributed by atoms with E-state index in [9.17, 15) is 0 Å². The van der Waals surface area contributed by atoms with Crippen LogP contribution in [0.5, 0.6) is 0 Å². The van der Waals surface area contributed by atoms with Crippen LogP contribution in [0, 0.1) is 23.6 Å². The van der Waals surface area contributed by atoms with Crippen LogP contribution in [0.15, 0.2) is 42.5 Å². The van der Waals surface area contributed by atoms with Crippen molar-refractivity contribution in [1.82, 2.24) is 0 Å². The maximum Gasteiger partial charge on any atom is 0.131 e. The van der Waals surface area contributed by atoms with Crippen molar-refractivity contribution in [2.24, 2.45) is 17.8 Å². The summed E-state index contributed by atoms with van der Waals surface area (Å²) in [5.41, 5.74) is 4.28. The van der Waals surface area contributed by atoms with Crippen LogP contribution in [0.1, 0.15) is 102 Å². The zero-order valence-electron chi connectivity index (χ0n) is 21.5. The van der Waals surface area contributed by atoms with Gasteiger partial charge in [0.15, 0.2) is 0 Å². The highest BCUT2D eigenvalue weighted by Gasteiger charge is 2.23. The Morgan fingerprint density at radius 1 is 0.765 bits per heavy atom. The average Bonchev–Trinajstić information content (AvgIpc) is 2.88. The lowest BCUT2D eigenvalue weighted by Crippen LogP contribution is -2.18. The lowest BCUT2D eigenvalue weighted by atomic mass is 9.78. The number of hydrogen-bond acceptors (Lipinski definition) is 1. The molecule has 0 radical (unpaired) electrons. The SMILES string of the molecule is CCCC1CCC(CCc2ccc(-c3ccc(C4CCC(COCC)CC4)cc3F)cc2)CC1. The molecule has 2 saturated carbocycles. The second-order valence-corrected chi connectivity index (χ2v) is 11.0. The van der Waals surface area contributed by atoms with Crippen LogP contribution in [0.4, 0.5) is 4.39 Å². The van der Waals surface area contributed by atoms with Gasteiger partial charge in [-0.15, -0.1) is 0 Å². The van der Waals surface area contributed by atoms with Gasteiger partial charge in [0.05, 0.1) is 0 Å². The van der Waals surface area contributed by atoms with Gasteiger partial charge in [0.25, 0.3) is 0 Å². The third-order valence-corrected chi connectivity index (χ3v) is 8.64.